The van der Waals surface area contributed by atoms with Gasteiger partial charge in [0, 0.05) is 25.6 Å². The lowest BCUT2D eigenvalue weighted by molar-refractivity contribution is -0.133. The van der Waals surface area contributed by atoms with Crippen molar-refractivity contribution in [2.45, 2.75) is 44.0 Å². The topological polar surface area (TPSA) is 148 Å². The van der Waals surface area contributed by atoms with Crippen molar-refractivity contribution in [3.8, 4) is 11.5 Å². The van der Waals surface area contributed by atoms with Gasteiger partial charge in [-0.1, -0.05) is 36.4 Å². The number of hydrogen-bond acceptors (Lipinski definition) is 9. The second-order valence-electron chi connectivity index (χ2n) is 10.6. The van der Waals surface area contributed by atoms with Gasteiger partial charge >= 0.3 is 0 Å². The first kappa shape index (κ1) is 31.9. The fourth-order valence-electron chi connectivity index (χ4n) is 4.84. The van der Waals surface area contributed by atoms with Gasteiger partial charge in [0.25, 0.3) is 0 Å². The third-order valence-corrected chi connectivity index (χ3v) is 7.39. The van der Waals surface area contributed by atoms with Gasteiger partial charge in [0.05, 0.1) is 46.6 Å². The molecule has 3 amide bonds. The van der Waals surface area contributed by atoms with E-state index in [1.807, 2.05) is 35.2 Å². The molecule has 43 heavy (non-hydrogen) atoms. The fourth-order valence-corrected chi connectivity index (χ4v) is 4.84. The van der Waals surface area contributed by atoms with E-state index in [-0.39, 0.29) is 31.1 Å². The smallest absolute Gasteiger partial charge is 0.243 e. The van der Waals surface area contributed by atoms with Crippen molar-refractivity contribution in [1.82, 2.24) is 20.9 Å². The van der Waals surface area contributed by atoms with Gasteiger partial charge in [-0.05, 0) is 30.5 Å². The van der Waals surface area contributed by atoms with E-state index in [0.717, 1.165) is 5.56 Å². The van der Waals surface area contributed by atoms with Crippen LogP contribution in [0.25, 0.3) is 0 Å². The molecule has 0 spiro atoms. The van der Waals surface area contributed by atoms with Crippen LogP contribution >= 0.6 is 0 Å². The monoisotopic (exact) mass is 596 g/mol. The summed E-state index contributed by atoms with van der Waals surface area (Å²) >= 11 is 0. The minimum atomic E-state index is -1.08. The van der Waals surface area contributed by atoms with Crippen molar-refractivity contribution in [2.75, 3.05) is 53.7 Å². The van der Waals surface area contributed by atoms with E-state index in [1.54, 1.807) is 25.1 Å². The zero-order valence-electron chi connectivity index (χ0n) is 24.8. The van der Waals surface area contributed by atoms with Crippen LogP contribution in [0.5, 0.6) is 11.5 Å². The van der Waals surface area contributed by atoms with E-state index in [9.17, 15) is 19.2 Å². The predicted octanol–water partition coefficient (Wildman–Crippen LogP) is 0.263. The van der Waals surface area contributed by atoms with Crippen LogP contribution in [0, 0.1) is 0 Å². The number of amides is 3. The fraction of sp³-hybridized carbons (Fsp3) is 0.484. The molecular weight excluding hydrogens is 556 g/mol. The van der Waals surface area contributed by atoms with Crippen molar-refractivity contribution in [2.24, 2.45) is 0 Å². The highest BCUT2D eigenvalue weighted by Gasteiger charge is 2.38. The molecule has 0 aliphatic carbocycles. The summed E-state index contributed by atoms with van der Waals surface area (Å²) in [6, 6.07) is 11.7. The van der Waals surface area contributed by atoms with Gasteiger partial charge < -0.3 is 34.9 Å². The largest absolute Gasteiger partial charge is 0.497 e. The molecule has 0 bridgehead atoms. The summed E-state index contributed by atoms with van der Waals surface area (Å²) in [5.74, 6) is -0.581. The van der Waals surface area contributed by atoms with Crippen LogP contribution in [-0.2, 0) is 41.5 Å². The Hall–Kier alpha value is -4.00. The lowest BCUT2D eigenvalue weighted by atomic mass is 9.98. The summed E-state index contributed by atoms with van der Waals surface area (Å²) in [6.07, 6.45) is -0.234. The molecule has 2 aliphatic heterocycles. The van der Waals surface area contributed by atoms with E-state index in [0.29, 0.717) is 50.0 Å². The Morgan fingerprint density at radius 3 is 2.26 bits per heavy atom. The van der Waals surface area contributed by atoms with Crippen molar-refractivity contribution in [3.63, 3.8) is 0 Å². The highest BCUT2D eigenvalue weighted by molar-refractivity contribution is 5.96. The number of ketones is 1. The number of rotatable bonds is 15. The minimum absolute atomic E-state index is 0.0609. The molecular formula is C31H40N4O8. The standard InChI is InChI=1S/C31H40N4O8/c1-20(32-28(36)18-35-11-13-42-14-12-35)30(38)34-25(16-22-9-10-23(40-2)17-26(22)41-3)31(39)33-24(29(37)27-19-43-27)15-21-7-5-4-6-8-21/h4-10,17,20,24-25,27H,11-16,18-19H2,1-3H3,(H,32,36)(H,33,39)(H,34,38)/t20-,24-,25-,27+/m0/s1. The normalized spacial score (nSPS) is 18.4. The van der Waals surface area contributed by atoms with Gasteiger partial charge in [-0.25, -0.2) is 0 Å². The zero-order chi connectivity index (χ0) is 30.8. The number of carbonyl (C=O) groups is 4. The van der Waals surface area contributed by atoms with Crippen molar-refractivity contribution >= 4 is 23.5 Å². The first-order valence-electron chi connectivity index (χ1n) is 14.4. The lowest BCUT2D eigenvalue weighted by Crippen LogP contribution is -2.57. The van der Waals surface area contributed by atoms with Gasteiger partial charge in [0.2, 0.25) is 17.7 Å². The number of benzene rings is 2. The Labute approximate surface area is 251 Å². The predicted molar refractivity (Wildman–Crippen MR) is 157 cm³/mol. The molecule has 2 aromatic rings. The Kier molecular flexibility index (Phi) is 11.5. The molecule has 2 saturated heterocycles. The molecule has 2 heterocycles. The third-order valence-electron chi connectivity index (χ3n) is 7.39. The number of nitrogens with one attached hydrogen (secondary N) is 3. The molecule has 3 N–H and O–H groups in total. The number of ether oxygens (including phenoxy) is 4. The number of morpholine rings is 1. The van der Waals surface area contributed by atoms with E-state index in [4.69, 9.17) is 18.9 Å². The number of methoxy groups -OCH3 is 2. The quantitative estimate of drug-likeness (QED) is 0.246. The van der Waals surface area contributed by atoms with Gasteiger partial charge in [0.1, 0.15) is 29.7 Å². The number of hydrogen-bond donors (Lipinski definition) is 3. The zero-order valence-corrected chi connectivity index (χ0v) is 24.8. The van der Waals surface area contributed by atoms with Gasteiger partial charge in [0.15, 0.2) is 5.78 Å². The van der Waals surface area contributed by atoms with Crippen LogP contribution in [0.2, 0.25) is 0 Å². The summed E-state index contributed by atoms with van der Waals surface area (Å²) in [5, 5.41) is 8.34. The van der Waals surface area contributed by atoms with Gasteiger partial charge in [-0.15, -0.1) is 0 Å². The molecule has 232 valence electrons. The van der Waals surface area contributed by atoms with Crippen LogP contribution in [0.4, 0.5) is 0 Å². The molecule has 0 unspecified atom stereocenters. The van der Waals surface area contributed by atoms with Crippen molar-refractivity contribution < 1.29 is 38.1 Å². The second kappa shape index (κ2) is 15.5. The molecule has 0 saturated carbocycles. The number of nitrogens with zero attached hydrogens (tertiary/aromatic N) is 1. The molecule has 0 radical (unpaired) electrons. The third kappa shape index (κ3) is 9.50. The maximum atomic E-state index is 13.8. The molecule has 2 aliphatic rings. The second-order valence-corrected chi connectivity index (χ2v) is 10.6. The Balaban J connectivity index is 1.49. The Morgan fingerprint density at radius 1 is 0.907 bits per heavy atom. The first-order valence-corrected chi connectivity index (χ1v) is 14.4. The Morgan fingerprint density at radius 2 is 1.60 bits per heavy atom. The summed E-state index contributed by atoms with van der Waals surface area (Å²) in [5.41, 5.74) is 1.51. The average molecular weight is 597 g/mol. The summed E-state index contributed by atoms with van der Waals surface area (Å²) < 4.78 is 21.3. The maximum Gasteiger partial charge on any atom is 0.243 e. The molecule has 4 atom stereocenters. The lowest BCUT2D eigenvalue weighted by Gasteiger charge is -2.27. The molecule has 2 aromatic carbocycles. The molecule has 4 rings (SSSR count). The Bertz CT molecular complexity index is 1260. The van der Waals surface area contributed by atoms with E-state index in [2.05, 4.69) is 16.0 Å². The maximum absolute atomic E-state index is 13.8. The number of carbonyl (C=O) groups excluding carboxylic acids is 4. The van der Waals surface area contributed by atoms with Crippen LogP contribution in [0.1, 0.15) is 18.1 Å². The van der Waals surface area contributed by atoms with Crippen molar-refractivity contribution in [1.29, 1.82) is 0 Å². The van der Waals surface area contributed by atoms with Crippen LogP contribution in [0.15, 0.2) is 48.5 Å². The van der Waals surface area contributed by atoms with E-state index in [1.165, 1.54) is 14.2 Å². The average Bonchev–Trinajstić information content (AvgIpc) is 3.87. The number of Topliss-reactive ketones (excluding diaryl/α,β-unsaturated/α-hetero) is 1. The molecule has 12 heteroatoms. The highest BCUT2D eigenvalue weighted by Crippen LogP contribution is 2.26. The van der Waals surface area contributed by atoms with E-state index < -0.39 is 36.0 Å². The first-order chi connectivity index (χ1) is 20.8. The summed E-state index contributed by atoms with van der Waals surface area (Å²) in [7, 11) is 3.04. The van der Waals surface area contributed by atoms with E-state index >= 15 is 0 Å². The van der Waals surface area contributed by atoms with Crippen LogP contribution < -0.4 is 25.4 Å². The van der Waals surface area contributed by atoms with Crippen molar-refractivity contribution in [3.05, 3.63) is 59.7 Å². The number of epoxide rings is 1. The van der Waals surface area contributed by atoms with Gasteiger partial charge in [-0.3, -0.25) is 24.1 Å². The SMILES string of the molecule is COc1ccc(C[C@H](NC(=O)[C@H](C)NC(=O)CN2CCOCC2)C(=O)N[C@@H](Cc2ccccc2)C(=O)[C@H]2CO2)c(OC)c1. The molecule has 2 fully saturated rings. The molecule has 12 nitrogen and oxygen atoms in total. The van der Waals surface area contributed by atoms with Crippen LogP contribution in [0.3, 0.4) is 0 Å². The van der Waals surface area contributed by atoms with Gasteiger partial charge in [-0.2, -0.15) is 0 Å². The molecule has 0 aromatic heterocycles. The summed E-state index contributed by atoms with van der Waals surface area (Å²) in [4.78, 5) is 54.7. The highest BCUT2D eigenvalue weighted by atomic mass is 16.6. The minimum Gasteiger partial charge on any atom is -0.497 e. The van der Waals surface area contributed by atoms with Crippen LogP contribution in [-0.4, -0.2) is 106 Å². The summed E-state index contributed by atoms with van der Waals surface area (Å²) in [6.45, 7) is 4.38.